The molecule has 1 aromatic carbocycles. The molecule has 0 saturated carbocycles. The van der Waals surface area contributed by atoms with Crippen LogP contribution in [0.4, 0.5) is 0 Å². The van der Waals surface area contributed by atoms with E-state index in [-0.39, 0.29) is 0 Å². The number of aromatic nitrogens is 1. The van der Waals surface area contributed by atoms with Gasteiger partial charge in [0.2, 0.25) is 0 Å². The van der Waals surface area contributed by atoms with Crippen LogP contribution in [-0.2, 0) is 6.42 Å². The maximum Gasteiger partial charge on any atom is 0.336 e. The van der Waals surface area contributed by atoms with E-state index in [1.54, 1.807) is 0 Å². The third kappa shape index (κ3) is 1.68. The molecule has 2 aromatic rings. The summed E-state index contributed by atoms with van der Waals surface area (Å²) in [6.07, 6.45) is 2.42. The molecule has 0 aliphatic heterocycles. The van der Waals surface area contributed by atoms with Crippen LogP contribution in [0.3, 0.4) is 0 Å². The maximum absolute atomic E-state index is 11.0. The topological polar surface area (TPSA) is 50.2 Å². The zero-order valence-corrected chi connectivity index (χ0v) is 8.40. The van der Waals surface area contributed by atoms with Crippen LogP contribution in [0.15, 0.2) is 30.5 Å². The lowest BCUT2D eigenvalue weighted by molar-refractivity contribution is 0.0699. The van der Waals surface area contributed by atoms with Gasteiger partial charge in [0.1, 0.15) is 0 Å². The van der Waals surface area contributed by atoms with Gasteiger partial charge >= 0.3 is 5.97 Å². The Kier molecular flexibility index (Phi) is 2.37. The first-order valence-corrected chi connectivity index (χ1v) is 4.83. The third-order valence-electron chi connectivity index (χ3n) is 2.44. The van der Waals surface area contributed by atoms with Gasteiger partial charge < -0.3 is 5.11 Å². The Balaban J connectivity index is 2.76. The number of hydrogen-bond acceptors (Lipinski definition) is 2. The summed E-state index contributed by atoms with van der Waals surface area (Å²) in [7, 11) is 0. The summed E-state index contributed by atoms with van der Waals surface area (Å²) in [6, 6.07) is 7.26. The highest BCUT2D eigenvalue weighted by molar-refractivity contribution is 6.02. The molecule has 1 aromatic heterocycles. The molecule has 0 spiro atoms. The number of benzene rings is 1. The van der Waals surface area contributed by atoms with Gasteiger partial charge in [-0.25, -0.2) is 4.79 Å². The van der Waals surface area contributed by atoms with Crippen molar-refractivity contribution in [3.05, 3.63) is 41.6 Å². The average molecular weight is 201 g/mol. The number of aromatic carboxylic acids is 1. The maximum atomic E-state index is 11.0. The molecule has 3 nitrogen and oxygen atoms in total. The third-order valence-corrected chi connectivity index (χ3v) is 2.44. The second-order valence-electron chi connectivity index (χ2n) is 3.37. The van der Waals surface area contributed by atoms with E-state index in [2.05, 4.69) is 4.98 Å². The van der Waals surface area contributed by atoms with Crippen LogP contribution >= 0.6 is 0 Å². The second-order valence-corrected chi connectivity index (χ2v) is 3.37. The van der Waals surface area contributed by atoms with E-state index in [1.165, 1.54) is 12.3 Å². The fraction of sp³-hybridized carbons (Fsp3) is 0.167. The Morgan fingerprint density at radius 3 is 2.87 bits per heavy atom. The van der Waals surface area contributed by atoms with Gasteiger partial charge in [-0.1, -0.05) is 13.0 Å². The van der Waals surface area contributed by atoms with E-state index in [0.717, 1.165) is 17.5 Å². The summed E-state index contributed by atoms with van der Waals surface area (Å²) in [6.45, 7) is 2.04. The van der Waals surface area contributed by atoms with Crippen molar-refractivity contribution in [3.63, 3.8) is 0 Å². The lowest BCUT2D eigenvalue weighted by Crippen LogP contribution is -1.98. The smallest absolute Gasteiger partial charge is 0.336 e. The number of rotatable bonds is 2. The van der Waals surface area contributed by atoms with Crippen molar-refractivity contribution in [2.24, 2.45) is 0 Å². The summed E-state index contributed by atoms with van der Waals surface area (Å²) in [5, 5.41) is 9.73. The van der Waals surface area contributed by atoms with E-state index in [4.69, 9.17) is 5.11 Å². The average Bonchev–Trinajstić information content (AvgIpc) is 2.27. The van der Waals surface area contributed by atoms with E-state index < -0.39 is 5.97 Å². The quantitative estimate of drug-likeness (QED) is 0.812. The number of carbonyl (C=O) groups is 1. The van der Waals surface area contributed by atoms with Crippen LogP contribution in [-0.4, -0.2) is 16.1 Å². The molecule has 76 valence electrons. The molecule has 0 saturated heterocycles. The van der Waals surface area contributed by atoms with Gasteiger partial charge in [0.15, 0.2) is 0 Å². The van der Waals surface area contributed by atoms with E-state index in [0.29, 0.717) is 10.9 Å². The van der Waals surface area contributed by atoms with Gasteiger partial charge in [0.25, 0.3) is 0 Å². The normalized spacial score (nSPS) is 10.5. The van der Waals surface area contributed by atoms with Gasteiger partial charge in [-0.05, 0) is 30.2 Å². The van der Waals surface area contributed by atoms with Crippen molar-refractivity contribution in [1.82, 2.24) is 4.98 Å². The first-order valence-electron chi connectivity index (χ1n) is 4.83. The fourth-order valence-electron chi connectivity index (χ4n) is 1.60. The van der Waals surface area contributed by atoms with Crippen LogP contribution in [0.1, 0.15) is 22.8 Å². The predicted molar refractivity (Wildman–Crippen MR) is 58.1 cm³/mol. The largest absolute Gasteiger partial charge is 0.478 e. The SMILES string of the molecule is CCc1ccc2nccc(C(=O)O)c2c1. The van der Waals surface area contributed by atoms with Gasteiger partial charge in [-0.3, -0.25) is 4.98 Å². The molecular formula is C12H11NO2. The van der Waals surface area contributed by atoms with Crippen molar-refractivity contribution < 1.29 is 9.90 Å². The van der Waals surface area contributed by atoms with Crippen molar-refractivity contribution in [3.8, 4) is 0 Å². The van der Waals surface area contributed by atoms with E-state index in [9.17, 15) is 4.79 Å². The number of pyridine rings is 1. The zero-order valence-electron chi connectivity index (χ0n) is 8.40. The molecular weight excluding hydrogens is 190 g/mol. The Bertz CT molecular complexity index is 520. The molecule has 0 aliphatic carbocycles. The zero-order chi connectivity index (χ0) is 10.8. The number of hydrogen-bond donors (Lipinski definition) is 1. The van der Waals surface area contributed by atoms with Crippen LogP contribution in [0.25, 0.3) is 10.9 Å². The standard InChI is InChI=1S/C12H11NO2/c1-2-8-3-4-11-10(7-8)9(12(14)15)5-6-13-11/h3-7H,2H2,1H3,(H,14,15). The van der Waals surface area contributed by atoms with Crippen LogP contribution < -0.4 is 0 Å². The molecule has 2 rings (SSSR count). The first-order chi connectivity index (χ1) is 7.22. The van der Waals surface area contributed by atoms with Crippen molar-refractivity contribution >= 4 is 16.9 Å². The molecule has 0 bridgehead atoms. The summed E-state index contributed by atoms with van der Waals surface area (Å²) >= 11 is 0. The molecule has 1 heterocycles. The molecule has 0 unspecified atom stereocenters. The van der Waals surface area contributed by atoms with Gasteiger partial charge in [-0.15, -0.1) is 0 Å². The Morgan fingerprint density at radius 1 is 1.40 bits per heavy atom. The summed E-state index contributed by atoms with van der Waals surface area (Å²) < 4.78 is 0. The van der Waals surface area contributed by atoms with Crippen molar-refractivity contribution in [2.75, 3.05) is 0 Å². The van der Waals surface area contributed by atoms with E-state index in [1.807, 2.05) is 25.1 Å². The number of nitrogens with zero attached hydrogens (tertiary/aromatic N) is 1. The Labute approximate surface area is 87.4 Å². The second kappa shape index (κ2) is 3.69. The molecule has 1 N–H and O–H groups in total. The van der Waals surface area contributed by atoms with Crippen molar-refractivity contribution in [2.45, 2.75) is 13.3 Å². The molecule has 0 aliphatic rings. The molecule has 0 fully saturated rings. The Hall–Kier alpha value is -1.90. The minimum Gasteiger partial charge on any atom is -0.478 e. The number of carboxylic acid groups (broad SMARTS) is 1. The van der Waals surface area contributed by atoms with Gasteiger partial charge in [0, 0.05) is 11.6 Å². The molecule has 0 atom stereocenters. The molecule has 0 amide bonds. The summed E-state index contributed by atoms with van der Waals surface area (Å²) in [5.41, 5.74) is 2.17. The van der Waals surface area contributed by atoms with E-state index >= 15 is 0 Å². The number of carboxylic acids is 1. The molecule has 0 radical (unpaired) electrons. The Morgan fingerprint density at radius 2 is 2.20 bits per heavy atom. The van der Waals surface area contributed by atoms with Crippen LogP contribution in [0.2, 0.25) is 0 Å². The summed E-state index contributed by atoms with van der Waals surface area (Å²) in [5.74, 6) is -0.907. The van der Waals surface area contributed by atoms with Gasteiger partial charge in [-0.2, -0.15) is 0 Å². The van der Waals surface area contributed by atoms with Crippen LogP contribution in [0.5, 0.6) is 0 Å². The van der Waals surface area contributed by atoms with Crippen molar-refractivity contribution in [1.29, 1.82) is 0 Å². The number of fused-ring (bicyclic) bond motifs is 1. The minimum absolute atomic E-state index is 0.315. The van der Waals surface area contributed by atoms with Crippen LogP contribution in [0, 0.1) is 0 Å². The highest BCUT2D eigenvalue weighted by Crippen LogP contribution is 2.18. The van der Waals surface area contributed by atoms with Gasteiger partial charge in [0.05, 0.1) is 11.1 Å². The molecule has 3 heteroatoms. The molecule has 15 heavy (non-hydrogen) atoms. The monoisotopic (exact) mass is 201 g/mol. The summed E-state index contributed by atoms with van der Waals surface area (Å²) in [4.78, 5) is 15.1. The number of aryl methyl sites for hydroxylation is 1. The predicted octanol–water partition coefficient (Wildman–Crippen LogP) is 2.50. The highest BCUT2D eigenvalue weighted by atomic mass is 16.4. The first kappa shape index (κ1) is 9.65. The fourth-order valence-corrected chi connectivity index (χ4v) is 1.60. The lowest BCUT2D eigenvalue weighted by Gasteiger charge is -2.03. The minimum atomic E-state index is -0.907. The lowest BCUT2D eigenvalue weighted by atomic mass is 10.0. The highest BCUT2D eigenvalue weighted by Gasteiger charge is 2.08.